The van der Waals surface area contributed by atoms with Gasteiger partial charge in [0, 0.05) is 23.9 Å². The maximum atomic E-state index is 12.6. The Morgan fingerprint density at radius 1 is 0.897 bits per heavy atom. The maximum absolute atomic E-state index is 12.6. The van der Waals surface area contributed by atoms with E-state index in [0.29, 0.717) is 34.8 Å². The van der Waals surface area contributed by atoms with Crippen molar-refractivity contribution in [2.45, 2.75) is 6.42 Å². The molecule has 0 saturated heterocycles. The van der Waals surface area contributed by atoms with Crippen molar-refractivity contribution in [3.8, 4) is 17.2 Å². The number of benzene rings is 3. The minimum absolute atomic E-state index is 0.323. The first-order valence-electron chi connectivity index (χ1n) is 9.04. The fourth-order valence-electron chi connectivity index (χ4n) is 3.04. The Labute approximate surface area is 167 Å². The van der Waals surface area contributed by atoms with Gasteiger partial charge in [0.2, 0.25) is 0 Å². The zero-order chi connectivity index (χ0) is 20.2. The van der Waals surface area contributed by atoms with E-state index < -0.39 is 5.97 Å². The number of methoxy groups -OCH3 is 2. The lowest BCUT2D eigenvalue weighted by atomic mass is 10.1. The lowest BCUT2D eigenvalue weighted by Gasteiger charge is -2.08. The van der Waals surface area contributed by atoms with E-state index in [1.807, 2.05) is 36.4 Å². The standard InChI is InChI=1S/C23H19NO5/c1-26-18-11-16(12-19(13-18)27-2)23(25)28-17-8-9-20-21(24-29-22(20)14-17)10-15-6-4-3-5-7-15/h3-9,11-14H,10H2,1-2H3. The van der Waals surface area contributed by atoms with Crippen LogP contribution in [0.15, 0.2) is 71.3 Å². The highest BCUT2D eigenvalue weighted by Crippen LogP contribution is 2.27. The van der Waals surface area contributed by atoms with Gasteiger partial charge in [-0.05, 0) is 29.8 Å². The molecule has 0 amide bonds. The van der Waals surface area contributed by atoms with E-state index in [1.54, 1.807) is 30.3 Å². The molecule has 0 N–H and O–H groups in total. The second-order valence-electron chi connectivity index (χ2n) is 6.44. The molecule has 0 unspecified atom stereocenters. The minimum Gasteiger partial charge on any atom is -0.497 e. The zero-order valence-electron chi connectivity index (χ0n) is 16.0. The minimum atomic E-state index is -0.523. The van der Waals surface area contributed by atoms with Crippen LogP contribution in [0.25, 0.3) is 11.0 Å². The molecule has 1 heterocycles. The van der Waals surface area contributed by atoms with Crippen molar-refractivity contribution in [3.63, 3.8) is 0 Å². The van der Waals surface area contributed by atoms with E-state index in [4.69, 9.17) is 18.7 Å². The molecular formula is C23H19NO5. The number of carbonyl (C=O) groups excluding carboxylic acids is 1. The fraction of sp³-hybridized carbons (Fsp3) is 0.130. The van der Waals surface area contributed by atoms with Crippen LogP contribution in [0.3, 0.4) is 0 Å². The van der Waals surface area contributed by atoms with Crippen molar-refractivity contribution < 1.29 is 23.5 Å². The summed E-state index contributed by atoms with van der Waals surface area (Å²) in [6, 6.07) is 20.1. The number of hydrogen-bond donors (Lipinski definition) is 0. The van der Waals surface area contributed by atoms with Gasteiger partial charge >= 0.3 is 5.97 Å². The largest absolute Gasteiger partial charge is 0.497 e. The number of aromatic nitrogens is 1. The first-order valence-corrected chi connectivity index (χ1v) is 9.04. The molecule has 0 aliphatic carbocycles. The summed E-state index contributed by atoms with van der Waals surface area (Å²) in [6.45, 7) is 0. The van der Waals surface area contributed by atoms with Crippen LogP contribution in [0.4, 0.5) is 0 Å². The molecule has 29 heavy (non-hydrogen) atoms. The molecule has 6 heteroatoms. The number of esters is 1. The second kappa shape index (κ2) is 8.06. The predicted octanol–water partition coefficient (Wildman–Crippen LogP) is 4.66. The smallest absolute Gasteiger partial charge is 0.343 e. The highest BCUT2D eigenvalue weighted by molar-refractivity contribution is 5.92. The first kappa shape index (κ1) is 18.6. The van der Waals surface area contributed by atoms with Gasteiger partial charge in [-0.15, -0.1) is 0 Å². The highest BCUT2D eigenvalue weighted by atomic mass is 16.5. The van der Waals surface area contributed by atoms with E-state index in [-0.39, 0.29) is 0 Å². The van der Waals surface area contributed by atoms with Gasteiger partial charge in [0.05, 0.1) is 25.5 Å². The molecule has 0 spiro atoms. The second-order valence-corrected chi connectivity index (χ2v) is 6.44. The summed E-state index contributed by atoms with van der Waals surface area (Å²) < 4.78 is 21.3. The van der Waals surface area contributed by atoms with Crippen LogP contribution in [0.5, 0.6) is 17.2 Å². The Balaban J connectivity index is 1.55. The van der Waals surface area contributed by atoms with Crippen LogP contribution in [-0.2, 0) is 6.42 Å². The van der Waals surface area contributed by atoms with E-state index >= 15 is 0 Å². The van der Waals surface area contributed by atoms with Crippen LogP contribution in [0.1, 0.15) is 21.6 Å². The van der Waals surface area contributed by atoms with E-state index in [1.165, 1.54) is 14.2 Å². The fourth-order valence-corrected chi connectivity index (χ4v) is 3.04. The molecule has 0 atom stereocenters. The summed E-state index contributed by atoms with van der Waals surface area (Å²) in [4.78, 5) is 12.6. The number of nitrogens with zero attached hydrogens (tertiary/aromatic N) is 1. The molecule has 0 aliphatic heterocycles. The molecule has 3 aromatic carbocycles. The van der Waals surface area contributed by atoms with Gasteiger partial charge in [0.1, 0.15) is 17.2 Å². The molecule has 6 nitrogen and oxygen atoms in total. The lowest BCUT2D eigenvalue weighted by molar-refractivity contribution is 0.0734. The van der Waals surface area contributed by atoms with Gasteiger partial charge < -0.3 is 18.7 Å². The van der Waals surface area contributed by atoms with E-state index in [9.17, 15) is 4.79 Å². The summed E-state index contributed by atoms with van der Waals surface area (Å²) in [7, 11) is 3.05. The first-order chi connectivity index (χ1) is 14.2. The Bertz CT molecular complexity index is 1130. The number of hydrogen-bond acceptors (Lipinski definition) is 6. The SMILES string of the molecule is COc1cc(OC)cc(C(=O)Oc2ccc3c(Cc4ccccc4)noc3c2)c1. The Morgan fingerprint density at radius 2 is 1.62 bits per heavy atom. The third kappa shape index (κ3) is 4.06. The number of fused-ring (bicyclic) bond motifs is 1. The van der Waals surface area contributed by atoms with E-state index in [2.05, 4.69) is 5.16 Å². The van der Waals surface area contributed by atoms with Crippen molar-refractivity contribution in [1.82, 2.24) is 5.16 Å². The van der Waals surface area contributed by atoms with Crippen LogP contribution in [0.2, 0.25) is 0 Å². The average Bonchev–Trinajstić information content (AvgIpc) is 3.15. The topological polar surface area (TPSA) is 70.8 Å². The lowest BCUT2D eigenvalue weighted by Crippen LogP contribution is -2.09. The summed E-state index contributed by atoms with van der Waals surface area (Å²) in [6.07, 6.45) is 0.663. The number of ether oxygens (including phenoxy) is 3. The van der Waals surface area contributed by atoms with Gasteiger partial charge in [-0.1, -0.05) is 35.5 Å². The molecule has 4 aromatic rings. The van der Waals surface area contributed by atoms with Crippen LogP contribution in [-0.4, -0.2) is 25.3 Å². The Kier molecular flexibility index (Phi) is 5.16. The molecule has 146 valence electrons. The quantitative estimate of drug-likeness (QED) is 0.353. The van der Waals surface area contributed by atoms with Crippen LogP contribution in [0, 0.1) is 0 Å². The monoisotopic (exact) mass is 389 g/mol. The van der Waals surface area contributed by atoms with Crippen molar-refractivity contribution >= 4 is 16.9 Å². The van der Waals surface area contributed by atoms with Gasteiger partial charge in [-0.3, -0.25) is 0 Å². The van der Waals surface area contributed by atoms with Gasteiger partial charge in [0.25, 0.3) is 0 Å². The number of rotatable bonds is 6. The van der Waals surface area contributed by atoms with Gasteiger partial charge in [-0.25, -0.2) is 4.79 Å². The van der Waals surface area contributed by atoms with Crippen LogP contribution < -0.4 is 14.2 Å². The molecule has 0 fully saturated rings. The van der Waals surface area contributed by atoms with E-state index in [0.717, 1.165) is 16.6 Å². The molecule has 0 aliphatic rings. The van der Waals surface area contributed by atoms with Crippen LogP contribution >= 0.6 is 0 Å². The molecular weight excluding hydrogens is 370 g/mol. The third-order valence-electron chi connectivity index (χ3n) is 4.53. The maximum Gasteiger partial charge on any atom is 0.343 e. The summed E-state index contributed by atoms with van der Waals surface area (Å²) in [5.74, 6) is 0.859. The predicted molar refractivity (Wildman–Crippen MR) is 108 cm³/mol. The van der Waals surface area contributed by atoms with Crippen molar-refractivity contribution in [1.29, 1.82) is 0 Å². The Hall–Kier alpha value is -3.80. The molecule has 4 rings (SSSR count). The summed E-state index contributed by atoms with van der Waals surface area (Å²) in [5, 5.41) is 5.05. The number of carbonyl (C=O) groups is 1. The molecule has 0 bridgehead atoms. The zero-order valence-corrected chi connectivity index (χ0v) is 16.0. The van der Waals surface area contributed by atoms with Gasteiger partial charge in [-0.2, -0.15) is 0 Å². The van der Waals surface area contributed by atoms with Crippen molar-refractivity contribution in [2.24, 2.45) is 0 Å². The summed E-state index contributed by atoms with van der Waals surface area (Å²) >= 11 is 0. The summed E-state index contributed by atoms with van der Waals surface area (Å²) in [5.41, 5.74) is 2.86. The molecule has 1 aromatic heterocycles. The Morgan fingerprint density at radius 3 is 2.31 bits per heavy atom. The van der Waals surface area contributed by atoms with Crippen molar-refractivity contribution in [2.75, 3.05) is 14.2 Å². The highest BCUT2D eigenvalue weighted by Gasteiger charge is 2.15. The normalized spacial score (nSPS) is 10.7. The molecule has 0 radical (unpaired) electrons. The van der Waals surface area contributed by atoms with Gasteiger partial charge in [0.15, 0.2) is 5.58 Å². The molecule has 0 saturated carbocycles. The third-order valence-corrected chi connectivity index (χ3v) is 4.53. The average molecular weight is 389 g/mol. The van der Waals surface area contributed by atoms with Crippen molar-refractivity contribution in [3.05, 3.63) is 83.6 Å².